The van der Waals surface area contributed by atoms with E-state index in [2.05, 4.69) is 20.0 Å². The molecule has 2 atom stereocenters. The van der Waals surface area contributed by atoms with Crippen LogP contribution in [0.4, 0.5) is 0 Å². The number of aliphatic imine (C=N–C) groups is 1. The van der Waals surface area contributed by atoms with Crippen molar-refractivity contribution in [2.75, 3.05) is 39.3 Å². The van der Waals surface area contributed by atoms with Crippen molar-refractivity contribution < 1.29 is 36.0 Å². The van der Waals surface area contributed by atoms with E-state index in [4.69, 9.17) is 5.73 Å². The van der Waals surface area contributed by atoms with Crippen LogP contribution < -0.4 is 15.8 Å². The minimum absolute atomic E-state index is 0.0155. The fourth-order valence-electron chi connectivity index (χ4n) is 6.42. The summed E-state index contributed by atoms with van der Waals surface area (Å²) >= 11 is 1.09. The van der Waals surface area contributed by atoms with Crippen molar-refractivity contribution >= 4 is 60.8 Å². The molecule has 16 nitrogen and oxygen atoms in total. The summed E-state index contributed by atoms with van der Waals surface area (Å²) in [6, 6.07) is 12.3. The molecular weight excluding hydrogens is 769 g/mol. The fourth-order valence-corrected chi connectivity index (χ4v) is 9.70. The van der Waals surface area contributed by atoms with Gasteiger partial charge in [-0.05, 0) is 56.7 Å². The number of nitrogens with one attached hydrogen (secondary N) is 2. The van der Waals surface area contributed by atoms with E-state index in [1.807, 2.05) is 6.92 Å². The van der Waals surface area contributed by atoms with E-state index >= 15 is 0 Å². The van der Waals surface area contributed by atoms with Crippen LogP contribution in [-0.2, 0) is 40.2 Å². The van der Waals surface area contributed by atoms with Crippen LogP contribution in [-0.4, -0.2) is 117 Å². The van der Waals surface area contributed by atoms with Crippen molar-refractivity contribution in [3.8, 4) is 0 Å². The van der Waals surface area contributed by atoms with E-state index in [9.17, 15) is 36.0 Å². The number of sulfonamides is 2. The molecule has 3 aromatic rings. The first-order valence-corrected chi connectivity index (χ1v) is 21.9. The molecule has 2 fully saturated rings. The summed E-state index contributed by atoms with van der Waals surface area (Å²) in [6.45, 7) is 2.19. The number of Topliss-reactive ketones (excluding diaryl/α,β-unsaturated/α-hetero) is 1. The summed E-state index contributed by atoms with van der Waals surface area (Å²) in [6.07, 6.45) is 4.01. The van der Waals surface area contributed by atoms with Gasteiger partial charge in [0.1, 0.15) is 6.04 Å². The number of carbonyl (C=O) groups excluding carboxylic acids is 4. The lowest BCUT2D eigenvalue weighted by Crippen LogP contribution is -2.61. The summed E-state index contributed by atoms with van der Waals surface area (Å²) in [5, 5.41) is 4.47. The van der Waals surface area contributed by atoms with Gasteiger partial charge in [0, 0.05) is 44.3 Å². The van der Waals surface area contributed by atoms with Crippen molar-refractivity contribution in [1.82, 2.24) is 29.1 Å². The van der Waals surface area contributed by atoms with Crippen LogP contribution in [0.15, 0.2) is 76.1 Å². The molecule has 4 N–H and O–H groups in total. The molecule has 3 amide bonds. The van der Waals surface area contributed by atoms with Crippen LogP contribution >= 0.6 is 11.3 Å². The normalized spacial score (nSPS) is 17.8. The molecular formula is C36H46N8O8S3. The number of guanidine groups is 1. The molecule has 55 heavy (non-hydrogen) atoms. The summed E-state index contributed by atoms with van der Waals surface area (Å²) < 4.78 is 56.0. The van der Waals surface area contributed by atoms with Crippen molar-refractivity contribution in [1.29, 1.82) is 0 Å². The van der Waals surface area contributed by atoms with Crippen LogP contribution in [0.2, 0.25) is 0 Å². The van der Waals surface area contributed by atoms with Crippen molar-refractivity contribution in [2.45, 2.75) is 68.2 Å². The Morgan fingerprint density at radius 2 is 1.69 bits per heavy atom. The minimum atomic E-state index is -4.04. The Labute approximate surface area is 325 Å². The predicted molar refractivity (Wildman–Crippen MR) is 207 cm³/mol. The number of carbonyl (C=O) groups is 4. The molecule has 2 aromatic carbocycles. The Kier molecular flexibility index (Phi) is 14.1. The number of amides is 3. The number of ketones is 1. The molecule has 5 rings (SSSR count). The van der Waals surface area contributed by atoms with Gasteiger partial charge >= 0.3 is 0 Å². The van der Waals surface area contributed by atoms with E-state index in [-0.39, 0.29) is 66.4 Å². The van der Waals surface area contributed by atoms with Gasteiger partial charge in [-0.1, -0.05) is 48.0 Å². The van der Waals surface area contributed by atoms with Gasteiger partial charge in [0.2, 0.25) is 39.5 Å². The summed E-state index contributed by atoms with van der Waals surface area (Å²) in [5.74, 6) is -2.84. The highest BCUT2D eigenvalue weighted by Gasteiger charge is 2.43. The maximum atomic E-state index is 14.0. The minimum Gasteiger partial charge on any atom is -0.369 e. The molecule has 3 heterocycles. The number of hydrogen-bond donors (Lipinski definition) is 3. The van der Waals surface area contributed by atoms with Gasteiger partial charge in [-0.15, -0.1) is 11.3 Å². The zero-order valence-electron chi connectivity index (χ0n) is 30.5. The zero-order valence-corrected chi connectivity index (χ0v) is 33.0. The van der Waals surface area contributed by atoms with Crippen LogP contribution in [0.1, 0.15) is 59.5 Å². The molecule has 2 aliphatic heterocycles. The van der Waals surface area contributed by atoms with Gasteiger partial charge in [-0.3, -0.25) is 24.2 Å². The maximum absolute atomic E-state index is 14.0. The standard InChI is InChI=1S/C36H46N8O8S3/c1-26-12-14-28(15-13-26)55(51,52)41-36(37)39-16-8-11-29(33(47)34-38-17-22-53-34)40-31(45)24-43-20-21-44(54(49,50)25-27-9-4-2-5-10-27)30(35(43)48)23-32(46)42-18-6-3-7-19-42/h2,4-5,9-10,12-15,17,22,29-30H,3,6-8,11,16,18-21,23-25H2,1H3,(H,40,45)(H3,37,39,41)/t29-,30-/m0/s1. The molecule has 0 saturated carbocycles. The molecule has 0 bridgehead atoms. The number of nitrogens with two attached hydrogens (primary N) is 1. The fraction of sp³-hybridized carbons (Fsp3) is 0.444. The Balaban J connectivity index is 1.24. The van der Waals surface area contributed by atoms with Gasteiger partial charge in [0.25, 0.3) is 10.0 Å². The second kappa shape index (κ2) is 18.7. The third-order valence-electron chi connectivity index (χ3n) is 9.29. The lowest BCUT2D eigenvalue weighted by molar-refractivity contribution is -0.146. The lowest BCUT2D eigenvalue weighted by atomic mass is 10.1. The van der Waals surface area contributed by atoms with Gasteiger partial charge in [-0.2, -0.15) is 4.31 Å². The second-order valence-corrected chi connectivity index (χ2v) is 17.9. The van der Waals surface area contributed by atoms with Crippen LogP contribution in [0.25, 0.3) is 0 Å². The van der Waals surface area contributed by atoms with E-state index in [1.165, 1.54) is 23.2 Å². The van der Waals surface area contributed by atoms with Crippen molar-refractivity contribution in [3.63, 3.8) is 0 Å². The zero-order chi connectivity index (χ0) is 39.6. The molecule has 0 aliphatic carbocycles. The monoisotopic (exact) mass is 814 g/mol. The van der Waals surface area contributed by atoms with Gasteiger partial charge < -0.3 is 20.9 Å². The van der Waals surface area contributed by atoms with Crippen molar-refractivity contribution in [2.24, 2.45) is 10.7 Å². The van der Waals surface area contributed by atoms with Crippen LogP contribution in [0.3, 0.4) is 0 Å². The summed E-state index contributed by atoms with van der Waals surface area (Å²) in [7, 11) is -8.00. The predicted octanol–water partition coefficient (Wildman–Crippen LogP) is 1.64. The molecule has 0 spiro atoms. The quantitative estimate of drug-likeness (QED) is 0.0821. The summed E-state index contributed by atoms with van der Waals surface area (Å²) in [4.78, 5) is 65.3. The molecule has 2 aliphatic rings. The highest BCUT2D eigenvalue weighted by atomic mass is 32.2. The Morgan fingerprint density at radius 3 is 2.36 bits per heavy atom. The number of piperazine rings is 1. The first-order chi connectivity index (χ1) is 26.2. The highest BCUT2D eigenvalue weighted by Crippen LogP contribution is 2.24. The largest absolute Gasteiger partial charge is 0.369 e. The topological polar surface area (TPSA) is 222 Å². The van der Waals surface area contributed by atoms with Crippen LogP contribution in [0.5, 0.6) is 0 Å². The van der Waals surface area contributed by atoms with E-state index in [0.717, 1.165) is 40.5 Å². The van der Waals surface area contributed by atoms with Crippen LogP contribution in [0, 0.1) is 6.92 Å². The number of thiazole rings is 1. The SMILES string of the molecule is Cc1ccc(S(=O)(=O)NC(N)=NCCC[C@H](NC(=O)CN2CCN(S(=O)(=O)Cc3ccccc3)[C@@H](CC(=O)N3CCCCC3)C2=O)C(=O)c2nccs2)cc1. The van der Waals surface area contributed by atoms with E-state index in [0.29, 0.717) is 18.7 Å². The van der Waals surface area contributed by atoms with Crippen molar-refractivity contribution in [3.05, 3.63) is 82.3 Å². The number of rotatable bonds is 16. The molecule has 19 heteroatoms. The molecule has 0 radical (unpaired) electrons. The first-order valence-electron chi connectivity index (χ1n) is 18.0. The Morgan fingerprint density at radius 1 is 0.982 bits per heavy atom. The molecule has 2 saturated heterocycles. The highest BCUT2D eigenvalue weighted by molar-refractivity contribution is 7.90. The Bertz CT molecular complexity index is 2060. The number of piperidine rings is 1. The number of aryl methyl sites for hydroxylation is 1. The number of likely N-dealkylation sites (tertiary alicyclic amines) is 1. The van der Waals surface area contributed by atoms with Gasteiger partial charge in [-0.25, -0.2) is 26.5 Å². The summed E-state index contributed by atoms with van der Waals surface area (Å²) in [5.41, 5.74) is 7.27. The number of nitrogens with zero attached hydrogens (tertiary/aromatic N) is 5. The maximum Gasteiger partial charge on any atom is 0.264 e. The van der Waals surface area contributed by atoms with E-state index in [1.54, 1.807) is 52.7 Å². The smallest absolute Gasteiger partial charge is 0.264 e. The molecule has 0 unspecified atom stereocenters. The molecule has 1 aromatic heterocycles. The molecule has 296 valence electrons. The number of hydrogen-bond acceptors (Lipinski definition) is 11. The third-order valence-corrected chi connectivity index (χ3v) is 13.3. The third kappa shape index (κ3) is 11.4. The lowest BCUT2D eigenvalue weighted by Gasteiger charge is -2.40. The second-order valence-electron chi connectivity index (χ2n) is 13.4. The van der Waals surface area contributed by atoms with Gasteiger partial charge in [0.15, 0.2) is 5.01 Å². The number of benzene rings is 2. The number of aromatic nitrogens is 1. The van der Waals surface area contributed by atoms with E-state index < -0.39 is 56.3 Å². The van der Waals surface area contributed by atoms with Gasteiger partial charge in [0.05, 0.1) is 29.7 Å². The Hall–Kier alpha value is -4.72. The first kappa shape index (κ1) is 41.4. The average Bonchev–Trinajstić information content (AvgIpc) is 3.70. The average molecular weight is 815 g/mol.